The van der Waals surface area contributed by atoms with Crippen LogP contribution in [0, 0.1) is 0 Å². The summed E-state index contributed by atoms with van der Waals surface area (Å²) in [7, 11) is 1.52. The Hall–Kier alpha value is -2.43. The molecule has 0 saturated heterocycles. The van der Waals surface area contributed by atoms with E-state index in [4.69, 9.17) is 0 Å². The van der Waals surface area contributed by atoms with Crippen molar-refractivity contribution < 1.29 is 4.79 Å². The Labute approximate surface area is 130 Å². The highest BCUT2D eigenvalue weighted by molar-refractivity contribution is 5.92. The van der Waals surface area contributed by atoms with E-state index in [1.54, 1.807) is 0 Å². The third kappa shape index (κ3) is 3.61. The highest BCUT2D eigenvalue weighted by atomic mass is 16.2. The van der Waals surface area contributed by atoms with Gasteiger partial charge in [-0.3, -0.25) is 9.59 Å². The minimum absolute atomic E-state index is 0.132. The van der Waals surface area contributed by atoms with Gasteiger partial charge in [-0.25, -0.2) is 4.68 Å². The smallest absolute Gasteiger partial charge is 0.272 e. The van der Waals surface area contributed by atoms with Crippen LogP contribution in [0.25, 0.3) is 0 Å². The summed E-state index contributed by atoms with van der Waals surface area (Å²) in [5.74, 6) is 0.185. The van der Waals surface area contributed by atoms with Crippen LogP contribution in [0.15, 0.2) is 41.2 Å². The fourth-order valence-electron chi connectivity index (χ4n) is 2.15. The first-order valence-corrected chi connectivity index (χ1v) is 7.33. The third-order valence-electron chi connectivity index (χ3n) is 3.64. The van der Waals surface area contributed by atoms with Gasteiger partial charge in [0.25, 0.3) is 11.5 Å². The minimum Gasteiger partial charge on any atom is -0.344 e. The molecule has 1 N–H and O–H groups in total. The minimum atomic E-state index is -0.295. The average Bonchev–Trinajstić information content (AvgIpc) is 2.50. The molecule has 0 aliphatic heterocycles. The first-order valence-electron chi connectivity index (χ1n) is 7.33. The zero-order valence-corrected chi connectivity index (χ0v) is 13.3. The standard InChI is InChI=1S/C17H21N3O2/c1-11(2)13-5-7-14(8-6-13)12(3)18-17(22)15-9-10-16(21)20(4)19-15/h5-12H,1-4H3,(H,18,22)/t12-/m0/s1. The summed E-state index contributed by atoms with van der Waals surface area (Å²) in [5.41, 5.74) is 2.28. The lowest BCUT2D eigenvalue weighted by Gasteiger charge is -2.15. The van der Waals surface area contributed by atoms with Gasteiger partial charge in [0, 0.05) is 13.1 Å². The Balaban J connectivity index is 2.10. The summed E-state index contributed by atoms with van der Waals surface area (Å²) in [4.78, 5) is 23.5. The fourth-order valence-corrected chi connectivity index (χ4v) is 2.15. The highest BCUT2D eigenvalue weighted by Crippen LogP contribution is 2.18. The molecule has 2 aromatic rings. The number of hydrogen-bond acceptors (Lipinski definition) is 3. The van der Waals surface area contributed by atoms with Gasteiger partial charge in [-0.2, -0.15) is 5.10 Å². The Kier molecular flexibility index (Phi) is 4.75. The number of nitrogens with zero attached hydrogens (tertiary/aromatic N) is 2. The van der Waals surface area contributed by atoms with Crippen molar-refractivity contribution >= 4 is 5.91 Å². The zero-order valence-electron chi connectivity index (χ0n) is 13.3. The van der Waals surface area contributed by atoms with Gasteiger partial charge >= 0.3 is 0 Å². The first-order chi connectivity index (χ1) is 10.4. The largest absolute Gasteiger partial charge is 0.344 e. The number of carbonyl (C=O) groups is 1. The molecule has 0 fully saturated rings. The van der Waals surface area contributed by atoms with Crippen molar-refractivity contribution in [2.24, 2.45) is 7.05 Å². The van der Waals surface area contributed by atoms with Crippen molar-refractivity contribution in [3.05, 3.63) is 63.6 Å². The molecular formula is C17H21N3O2. The maximum atomic E-state index is 12.2. The normalized spacial score (nSPS) is 12.2. The van der Waals surface area contributed by atoms with E-state index in [2.05, 4.69) is 36.4 Å². The van der Waals surface area contributed by atoms with Crippen molar-refractivity contribution in [2.75, 3.05) is 0 Å². The quantitative estimate of drug-likeness (QED) is 0.943. The molecule has 2 rings (SSSR count). The van der Waals surface area contributed by atoms with Crippen molar-refractivity contribution in [3.63, 3.8) is 0 Å². The van der Waals surface area contributed by atoms with Gasteiger partial charge in [-0.05, 0) is 30.0 Å². The number of aromatic nitrogens is 2. The molecule has 0 unspecified atom stereocenters. The SMILES string of the molecule is CC(C)c1ccc([C@H](C)NC(=O)c2ccc(=O)n(C)n2)cc1. The highest BCUT2D eigenvalue weighted by Gasteiger charge is 2.13. The van der Waals surface area contributed by atoms with Crippen molar-refractivity contribution in [1.29, 1.82) is 0 Å². The molecule has 116 valence electrons. The van der Waals surface area contributed by atoms with Crippen LogP contribution in [-0.2, 0) is 7.05 Å². The van der Waals surface area contributed by atoms with E-state index in [9.17, 15) is 9.59 Å². The number of amides is 1. The molecule has 1 aromatic carbocycles. The lowest BCUT2D eigenvalue weighted by Crippen LogP contribution is -2.30. The summed E-state index contributed by atoms with van der Waals surface area (Å²) in [6.45, 7) is 6.21. The van der Waals surface area contributed by atoms with Gasteiger partial charge in [-0.1, -0.05) is 38.1 Å². The number of rotatable bonds is 4. The summed E-state index contributed by atoms with van der Waals surface area (Å²) < 4.78 is 1.15. The molecule has 0 spiro atoms. The predicted molar refractivity (Wildman–Crippen MR) is 85.9 cm³/mol. The maximum absolute atomic E-state index is 12.2. The number of nitrogens with one attached hydrogen (secondary N) is 1. The molecule has 1 atom stereocenters. The van der Waals surface area contributed by atoms with E-state index in [1.807, 2.05) is 19.1 Å². The van der Waals surface area contributed by atoms with Gasteiger partial charge in [0.1, 0.15) is 5.69 Å². The molecule has 1 heterocycles. The summed E-state index contributed by atoms with van der Waals surface area (Å²) in [6.07, 6.45) is 0. The third-order valence-corrected chi connectivity index (χ3v) is 3.64. The summed E-state index contributed by atoms with van der Waals surface area (Å²) in [5, 5.41) is 6.84. The molecule has 5 heteroatoms. The van der Waals surface area contributed by atoms with Crippen LogP contribution in [-0.4, -0.2) is 15.7 Å². The Morgan fingerprint density at radius 2 is 1.64 bits per heavy atom. The van der Waals surface area contributed by atoms with E-state index in [0.717, 1.165) is 10.2 Å². The van der Waals surface area contributed by atoms with Crippen LogP contribution in [0.1, 0.15) is 54.3 Å². The van der Waals surface area contributed by atoms with Crippen LogP contribution >= 0.6 is 0 Å². The predicted octanol–water partition coefficient (Wildman–Crippen LogP) is 2.39. The van der Waals surface area contributed by atoms with E-state index in [0.29, 0.717) is 5.92 Å². The van der Waals surface area contributed by atoms with Crippen molar-refractivity contribution in [3.8, 4) is 0 Å². The number of carbonyl (C=O) groups excluding carboxylic acids is 1. The molecule has 0 saturated carbocycles. The monoisotopic (exact) mass is 299 g/mol. The van der Waals surface area contributed by atoms with Crippen LogP contribution in [0.3, 0.4) is 0 Å². The second-order valence-electron chi connectivity index (χ2n) is 5.70. The molecule has 5 nitrogen and oxygen atoms in total. The van der Waals surface area contributed by atoms with Crippen LogP contribution in [0.4, 0.5) is 0 Å². The Morgan fingerprint density at radius 1 is 1.05 bits per heavy atom. The van der Waals surface area contributed by atoms with E-state index >= 15 is 0 Å². The molecule has 1 amide bonds. The lowest BCUT2D eigenvalue weighted by molar-refractivity contribution is 0.0932. The molecule has 1 aromatic heterocycles. The fraction of sp³-hybridized carbons (Fsp3) is 0.353. The number of hydrogen-bond donors (Lipinski definition) is 1. The molecule has 0 aliphatic carbocycles. The van der Waals surface area contributed by atoms with Crippen LogP contribution < -0.4 is 10.9 Å². The average molecular weight is 299 g/mol. The maximum Gasteiger partial charge on any atom is 0.272 e. The molecule has 0 bridgehead atoms. The molecule has 0 radical (unpaired) electrons. The van der Waals surface area contributed by atoms with Gasteiger partial charge in [0.15, 0.2) is 0 Å². The van der Waals surface area contributed by atoms with E-state index < -0.39 is 0 Å². The second-order valence-corrected chi connectivity index (χ2v) is 5.70. The Bertz CT molecular complexity index is 717. The van der Waals surface area contributed by atoms with E-state index in [-0.39, 0.29) is 23.2 Å². The summed E-state index contributed by atoms with van der Waals surface area (Å²) >= 11 is 0. The van der Waals surface area contributed by atoms with Crippen LogP contribution in [0.2, 0.25) is 0 Å². The van der Waals surface area contributed by atoms with Gasteiger partial charge in [0.2, 0.25) is 0 Å². The van der Waals surface area contributed by atoms with Crippen LogP contribution in [0.5, 0.6) is 0 Å². The number of benzene rings is 1. The van der Waals surface area contributed by atoms with Gasteiger partial charge < -0.3 is 5.32 Å². The second kappa shape index (κ2) is 6.56. The summed E-state index contributed by atoms with van der Waals surface area (Å²) in [6, 6.07) is 10.8. The van der Waals surface area contributed by atoms with Crippen molar-refractivity contribution in [2.45, 2.75) is 32.7 Å². The lowest BCUT2D eigenvalue weighted by atomic mass is 9.99. The molecule has 0 aliphatic rings. The van der Waals surface area contributed by atoms with Gasteiger partial charge in [-0.15, -0.1) is 0 Å². The van der Waals surface area contributed by atoms with Gasteiger partial charge in [0.05, 0.1) is 6.04 Å². The van der Waals surface area contributed by atoms with E-state index in [1.165, 1.54) is 24.7 Å². The Morgan fingerprint density at radius 3 is 2.18 bits per heavy atom. The topological polar surface area (TPSA) is 64.0 Å². The first kappa shape index (κ1) is 15.9. The van der Waals surface area contributed by atoms with Crippen molar-refractivity contribution in [1.82, 2.24) is 15.1 Å². The molecule has 22 heavy (non-hydrogen) atoms. The molecular weight excluding hydrogens is 278 g/mol. The number of aryl methyl sites for hydroxylation is 1. The zero-order chi connectivity index (χ0) is 16.3.